The topological polar surface area (TPSA) is 84.5 Å². The van der Waals surface area contributed by atoms with Crippen molar-refractivity contribution >= 4 is 15.8 Å². The fourth-order valence-electron chi connectivity index (χ4n) is 3.25. The predicted molar refractivity (Wildman–Crippen MR) is 80.3 cm³/mol. The van der Waals surface area contributed by atoms with Crippen LogP contribution in [0.3, 0.4) is 0 Å². The minimum absolute atomic E-state index is 0.0986. The van der Waals surface area contributed by atoms with Gasteiger partial charge in [0.25, 0.3) is 0 Å². The summed E-state index contributed by atoms with van der Waals surface area (Å²) in [5.41, 5.74) is 5.78. The molecule has 0 saturated carbocycles. The molecule has 1 unspecified atom stereocenters. The molecule has 21 heavy (non-hydrogen) atoms. The van der Waals surface area contributed by atoms with Gasteiger partial charge in [-0.15, -0.1) is 0 Å². The summed E-state index contributed by atoms with van der Waals surface area (Å²) >= 11 is 0. The Morgan fingerprint density at radius 2 is 2.05 bits per heavy atom. The highest BCUT2D eigenvalue weighted by molar-refractivity contribution is 7.89. The van der Waals surface area contributed by atoms with E-state index in [2.05, 4.69) is 10.00 Å². The average Bonchev–Trinajstić information content (AvgIpc) is 3.18. The summed E-state index contributed by atoms with van der Waals surface area (Å²) in [5.74, 6) is 0.0986. The van der Waals surface area contributed by atoms with E-state index in [1.54, 1.807) is 8.99 Å². The number of nitrogens with zero attached hydrogens (tertiary/aromatic N) is 4. The molecule has 1 atom stereocenters. The number of likely N-dealkylation sites (tertiary alicyclic amines) is 1. The van der Waals surface area contributed by atoms with Gasteiger partial charge in [-0.2, -0.15) is 9.40 Å². The van der Waals surface area contributed by atoms with Gasteiger partial charge in [0.2, 0.25) is 10.0 Å². The molecule has 0 spiro atoms. The first-order valence-electron chi connectivity index (χ1n) is 7.59. The van der Waals surface area contributed by atoms with E-state index in [1.807, 2.05) is 6.92 Å². The van der Waals surface area contributed by atoms with Crippen LogP contribution in [0.4, 0.5) is 5.82 Å². The second kappa shape index (κ2) is 5.58. The van der Waals surface area contributed by atoms with Crippen molar-refractivity contribution < 1.29 is 8.42 Å². The number of hydrogen-bond donors (Lipinski definition) is 1. The highest BCUT2D eigenvalue weighted by atomic mass is 32.2. The lowest BCUT2D eigenvalue weighted by molar-refractivity contribution is 0.251. The molecular weight excluding hydrogens is 290 g/mol. The number of sulfonamides is 1. The van der Waals surface area contributed by atoms with Crippen molar-refractivity contribution in [1.29, 1.82) is 0 Å². The van der Waals surface area contributed by atoms with Gasteiger partial charge in [-0.05, 0) is 39.3 Å². The minimum atomic E-state index is -3.52. The summed E-state index contributed by atoms with van der Waals surface area (Å²) in [5, 5.41) is 4.04. The zero-order chi connectivity index (χ0) is 15.0. The number of aromatic nitrogens is 2. The van der Waals surface area contributed by atoms with Gasteiger partial charge in [0.05, 0.1) is 0 Å². The number of aryl methyl sites for hydroxylation is 1. The van der Waals surface area contributed by atoms with Gasteiger partial charge in [-0.3, -0.25) is 9.58 Å². The van der Waals surface area contributed by atoms with Crippen molar-refractivity contribution in [3.05, 3.63) is 6.20 Å². The van der Waals surface area contributed by atoms with Crippen LogP contribution in [0, 0.1) is 0 Å². The fourth-order valence-corrected chi connectivity index (χ4v) is 4.80. The molecular formula is C13H23N5O2S. The Balaban J connectivity index is 1.77. The molecule has 3 heterocycles. The summed E-state index contributed by atoms with van der Waals surface area (Å²) in [4.78, 5) is 2.56. The maximum absolute atomic E-state index is 12.7. The van der Waals surface area contributed by atoms with Crippen LogP contribution < -0.4 is 5.73 Å². The molecule has 0 aromatic carbocycles. The molecule has 0 aliphatic carbocycles. The third-order valence-corrected chi connectivity index (χ3v) is 6.36. The molecule has 7 nitrogen and oxygen atoms in total. The van der Waals surface area contributed by atoms with Crippen molar-refractivity contribution in [3.8, 4) is 0 Å². The Kier molecular flexibility index (Phi) is 3.94. The van der Waals surface area contributed by atoms with Gasteiger partial charge in [-0.25, -0.2) is 8.42 Å². The van der Waals surface area contributed by atoms with Gasteiger partial charge in [0.1, 0.15) is 4.90 Å². The quantitative estimate of drug-likeness (QED) is 0.867. The Morgan fingerprint density at radius 3 is 2.67 bits per heavy atom. The van der Waals surface area contributed by atoms with Crippen LogP contribution >= 0.6 is 0 Å². The second-order valence-electron chi connectivity index (χ2n) is 5.78. The molecule has 0 bridgehead atoms. The smallest absolute Gasteiger partial charge is 0.248 e. The van der Waals surface area contributed by atoms with Crippen molar-refractivity contribution in [3.63, 3.8) is 0 Å². The summed E-state index contributed by atoms with van der Waals surface area (Å²) in [6, 6.07) is 0.352. The first kappa shape index (κ1) is 14.8. The third-order valence-electron chi connectivity index (χ3n) is 4.48. The molecule has 2 aliphatic rings. The number of hydrogen-bond acceptors (Lipinski definition) is 5. The van der Waals surface area contributed by atoms with E-state index in [-0.39, 0.29) is 10.7 Å². The molecule has 1 aromatic rings. The number of anilines is 1. The highest BCUT2D eigenvalue weighted by Gasteiger charge is 2.37. The van der Waals surface area contributed by atoms with E-state index >= 15 is 0 Å². The largest absolute Gasteiger partial charge is 0.381 e. The molecule has 118 valence electrons. The van der Waals surface area contributed by atoms with Gasteiger partial charge in [-0.1, -0.05) is 0 Å². The van der Waals surface area contributed by atoms with E-state index in [4.69, 9.17) is 5.73 Å². The molecule has 2 fully saturated rings. The lowest BCUT2D eigenvalue weighted by Gasteiger charge is -2.23. The van der Waals surface area contributed by atoms with Gasteiger partial charge >= 0.3 is 0 Å². The van der Waals surface area contributed by atoms with Crippen molar-refractivity contribution in [2.45, 2.75) is 43.7 Å². The summed E-state index contributed by atoms with van der Waals surface area (Å²) < 4.78 is 28.6. The highest BCUT2D eigenvalue weighted by Crippen LogP contribution is 2.27. The van der Waals surface area contributed by atoms with E-state index in [0.29, 0.717) is 25.7 Å². The molecule has 1 aromatic heterocycles. The minimum Gasteiger partial charge on any atom is -0.381 e. The van der Waals surface area contributed by atoms with E-state index in [1.165, 1.54) is 19.0 Å². The monoisotopic (exact) mass is 313 g/mol. The molecule has 2 N–H and O–H groups in total. The van der Waals surface area contributed by atoms with Crippen LogP contribution in [-0.4, -0.2) is 59.6 Å². The second-order valence-corrected chi connectivity index (χ2v) is 7.69. The van der Waals surface area contributed by atoms with Crippen molar-refractivity contribution in [1.82, 2.24) is 19.0 Å². The lowest BCUT2D eigenvalue weighted by Crippen LogP contribution is -2.37. The molecule has 2 aliphatic heterocycles. The third kappa shape index (κ3) is 2.67. The van der Waals surface area contributed by atoms with Crippen LogP contribution in [0.2, 0.25) is 0 Å². The maximum Gasteiger partial charge on any atom is 0.248 e. The van der Waals surface area contributed by atoms with Crippen LogP contribution in [0.5, 0.6) is 0 Å². The van der Waals surface area contributed by atoms with Gasteiger partial charge < -0.3 is 5.73 Å². The summed E-state index contributed by atoms with van der Waals surface area (Å²) in [7, 11) is -3.52. The van der Waals surface area contributed by atoms with E-state index < -0.39 is 10.0 Å². The lowest BCUT2D eigenvalue weighted by atomic mass is 10.2. The zero-order valence-electron chi connectivity index (χ0n) is 12.4. The van der Waals surface area contributed by atoms with Crippen molar-refractivity contribution in [2.24, 2.45) is 0 Å². The maximum atomic E-state index is 12.7. The van der Waals surface area contributed by atoms with E-state index in [0.717, 1.165) is 19.5 Å². The first-order valence-corrected chi connectivity index (χ1v) is 9.03. The molecule has 0 amide bonds. The van der Waals surface area contributed by atoms with Gasteiger partial charge in [0.15, 0.2) is 5.82 Å². The Morgan fingerprint density at radius 1 is 1.33 bits per heavy atom. The summed E-state index contributed by atoms with van der Waals surface area (Å²) in [6.45, 7) is 5.83. The number of nitrogens with two attached hydrogens (primary N) is 1. The summed E-state index contributed by atoms with van der Waals surface area (Å²) in [6.07, 6.45) is 4.88. The Labute approximate surface area is 125 Å². The number of nitrogen functional groups attached to an aromatic ring is 1. The van der Waals surface area contributed by atoms with Crippen LogP contribution in [-0.2, 0) is 16.6 Å². The van der Waals surface area contributed by atoms with Crippen LogP contribution in [0.15, 0.2) is 11.1 Å². The van der Waals surface area contributed by atoms with Crippen molar-refractivity contribution in [2.75, 3.05) is 31.9 Å². The van der Waals surface area contributed by atoms with Gasteiger partial charge in [0, 0.05) is 31.9 Å². The molecule has 0 radical (unpaired) electrons. The standard InChI is InChI=1S/C13H23N5O2S/c1-2-17-10-12(13(14)15-17)21(19,20)18-8-5-11(9-18)16-6-3-4-7-16/h10-11H,2-9H2,1H3,(H2,14,15). The fraction of sp³-hybridized carbons (Fsp3) is 0.769. The van der Waals surface area contributed by atoms with Crippen LogP contribution in [0.25, 0.3) is 0 Å². The molecule has 3 rings (SSSR count). The molecule has 8 heteroatoms. The Hall–Kier alpha value is -1.12. The Bertz CT molecular complexity index is 606. The average molecular weight is 313 g/mol. The molecule has 2 saturated heterocycles. The first-order chi connectivity index (χ1) is 10.0. The number of rotatable bonds is 4. The predicted octanol–water partition coefficient (Wildman–Crippen LogP) is 0.344. The normalized spacial score (nSPS) is 24.9. The van der Waals surface area contributed by atoms with E-state index in [9.17, 15) is 8.42 Å². The van der Waals surface area contributed by atoms with Crippen LogP contribution in [0.1, 0.15) is 26.2 Å². The SMILES string of the molecule is CCn1cc(S(=O)(=O)N2CCC(N3CCCC3)C2)c(N)n1. The zero-order valence-corrected chi connectivity index (χ0v) is 13.2.